The Morgan fingerprint density at radius 3 is 2.88 bits per heavy atom. The summed E-state index contributed by atoms with van der Waals surface area (Å²) in [7, 11) is 0. The van der Waals surface area contributed by atoms with Crippen LogP contribution >= 0.6 is 11.6 Å². The Hall–Kier alpha value is -1.26. The monoisotopic (exact) mass is 255 g/mol. The SMILES string of the molecule is O=C(c1ccc(Cl)cc1O)N1CCC(CO)C1. The van der Waals surface area contributed by atoms with E-state index in [0.717, 1.165) is 6.42 Å². The number of hydrogen-bond donors (Lipinski definition) is 2. The first-order chi connectivity index (χ1) is 8.11. The van der Waals surface area contributed by atoms with Crippen molar-refractivity contribution in [3.63, 3.8) is 0 Å². The first kappa shape index (κ1) is 12.2. The number of halogens is 1. The van der Waals surface area contributed by atoms with Crippen molar-refractivity contribution >= 4 is 17.5 Å². The van der Waals surface area contributed by atoms with Crippen LogP contribution in [0.3, 0.4) is 0 Å². The number of aliphatic hydroxyl groups excluding tert-OH is 1. The number of rotatable bonds is 2. The van der Waals surface area contributed by atoms with Crippen molar-refractivity contribution in [1.82, 2.24) is 4.90 Å². The molecule has 0 aromatic heterocycles. The summed E-state index contributed by atoms with van der Waals surface area (Å²) in [6.45, 7) is 1.25. The van der Waals surface area contributed by atoms with Gasteiger partial charge in [0.15, 0.2) is 0 Å². The number of aliphatic hydroxyl groups is 1. The number of carbonyl (C=O) groups excluding carboxylic acids is 1. The van der Waals surface area contributed by atoms with Gasteiger partial charge in [0, 0.05) is 30.6 Å². The normalized spacial score (nSPS) is 19.6. The van der Waals surface area contributed by atoms with Gasteiger partial charge in [-0.25, -0.2) is 0 Å². The van der Waals surface area contributed by atoms with Crippen LogP contribution < -0.4 is 0 Å². The second kappa shape index (κ2) is 4.94. The Kier molecular flexibility index (Phi) is 3.54. The van der Waals surface area contributed by atoms with Crippen molar-refractivity contribution in [2.45, 2.75) is 6.42 Å². The van der Waals surface area contributed by atoms with Crippen LogP contribution in [0.2, 0.25) is 5.02 Å². The van der Waals surface area contributed by atoms with Crippen LogP contribution in [0.15, 0.2) is 18.2 Å². The lowest BCUT2D eigenvalue weighted by molar-refractivity contribution is 0.0779. The van der Waals surface area contributed by atoms with Crippen molar-refractivity contribution in [2.75, 3.05) is 19.7 Å². The van der Waals surface area contributed by atoms with Crippen LogP contribution in [0.5, 0.6) is 5.75 Å². The molecule has 2 rings (SSSR count). The van der Waals surface area contributed by atoms with Crippen molar-refractivity contribution in [3.8, 4) is 5.75 Å². The molecule has 1 saturated heterocycles. The van der Waals surface area contributed by atoms with Gasteiger partial charge in [-0.1, -0.05) is 11.6 Å². The molecule has 17 heavy (non-hydrogen) atoms. The summed E-state index contributed by atoms with van der Waals surface area (Å²) in [5, 5.41) is 19.1. The van der Waals surface area contributed by atoms with Gasteiger partial charge in [0.25, 0.3) is 5.91 Å². The largest absolute Gasteiger partial charge is 0.507 e. The molecule has 1 unspecified atom stereocenters. The lowest BCUT2D eigenvalue weighted by atomic mass is 10.1. The number of benzene rings is 1. The molecule has 1 aliphatic rings. The molecule has 5 heteroatoms. The Balaban J connectivity index is 2.15. The fourth-order valence-corrected chi connectivity index (χ4v) is 2.19. The molecule has 0 spiro atoms. The quantitative estimate of drug-likeness (QED) is 0.842. The Labute approximate surface area is 104 Å². The Morgan fingerprint density at radius 2 is 2.29 bits per heavy atom. The van der Waals surface area contributed by atoms with E-state index >= 15 is 0 Å². The number of phenolic OH excluding ortho intramolecular Hbond substituents is 1. The zero-order chi connectivity index (χ0) is 12.4. The molecule has 1 heterocycles. The van der Waals surface area contributed by atoms with E-state index in [1.54, 1.807) is 11.0 Å². The molecule has 1 aromatic carbocycles. The number of aromatic hydroxyl groups is 1. The highest BCUT2D eigenvalue weighted by molar-refractivity contribution is 6.30. The van der Waals surface area contributed by atoms with Gasteiger partial charge in [0.2, 0.25) is 0 Å². The van der Waals surface area contributed by atoms with E-state index in [1.165, 1.54) is 12.1 Å². The summed E-state index contributed by atoms with van der Waals surface area (Å²) < 4.78 is 0. The van der Waals surface area contributed by atoms with Crippen LogP contribution in [-0.2, 0) is 0 Å². The summed E-state index contributed by atoms with van der Waals surface area (Å²) in [5.74, 6) is -0.168. The van der Waals surface area contributed by atoms with Gasteiger partial charge in [-0.05, 0) is 24.6 Å². The molecule has 0 radical (unpaired) electrons. The Bertz CT molecular complexity index is 436. The molecule has 2 N–H and O–H groups in total. The third-order valence-corrected chi connectivity index (χ3v) is 3.26. The maximum absolute atomic E-state index is 12.1. The second-order valence-corrected chi connectivity index (χ2v) is 4.69. The molecular weight excluding hydrogens is 242 g/mol. The summed E-state index contributed by atoms with van der Waals surface area (Å²) in [4.78, 5) is 13.7. The van der Waals surface area contributed by atoms with Crippen LogP contribution in [0.4, 0.5) is 0 Å². The molecule has 1 aliphatic heterocycles. The van der Waals surface area contributed by atoms with Gasteiger partial charge in [-0.15, -0.1) is 0 Å². The minimum Gasteiger partial charge on any atom is -0.507 e. The fourth-order valence-electron chi connectivity index (χ4n) is 2.02. The first-order valence-corrected chi connectivity index (χ1v) is 5.88. The molecule has 92 valence electrons. The molecule has 0 aliphatic carbocycles. The average molecular weight is 256 g/mol. The highest BCUT2D eigenvalue weighted by Gasteiger charge is 2.27. The van der Waals surface area contributed by atoms with E-state index in [4.69, 9.17) is 16.7 Å². The lowest BCUT2D eigenvalue weighted by Gasteiger charge is -2.16. The van der Waals surface area contributed by atoms with Gasteiger partial charge < -0.3 is 15.1 Å². The minimum atomic E-state index is -0.213. The number of amides is 1. The molecule has 1 fully saturated rings. The summed E-state index contributed by atoms with van der Waals surface area (Å²) in [5.41, 5.74) is 0.257. The lowest BCUT2D eigenvalue weighted by Crippen LogP contribution is -2.29. The predicted molar refractivity (Wildman–Crippen MR) is 64.2 cm³/mol. The van der Waals surface area contributed by atoms with Gasteiger partial charge in [-0.2, -0.15) is 0 Å². The number of likely N-dealkylation sites (tertiary alicyclic amines) is 1. The van der Waals surface area contributed by atoms with Gasteiger partial charge in [0.1, 0.15) is 5.75 Å². The van der Waals surface area contributed by atoms with E-state index in [1.807, 2.05) is 0 Å². The van der Waals surface area contributed by atoms with E-state index in [-0.39, 0.29) is 29.7 Å². The number of phenols is 1. The van der Waals surface area contributed by atoms with E-state index in [9.17, 15) is 9.90 Å². The number of carbonyl (C=O) groups is 1. The second-order valence-electron chi connectivity index (χ2n) is 4.25. The van der Waals surface area contributed by atoms with Gasteiger partial charge in [-0.3, -0.25) is 4.79 Å². The summed E-state index contributed by atoms with van der Waals surface area (Å²) >= 11 is 5.71. The molecule has 1 amide bonds. The third-order valence-electron chi connectivity index (χ3n) is 3.02. The third kappa shape index (κ3) is 2.53. The molecule has 0 saturated carbocycles. The number of nitrogens with zero attached hydrogens (tertiary/aromatic N) is 1. The predicted octanol–water partition coefficient (Wildman–Crippen LogP) is 1.50. The van der Waals surface area contributed by atoms with E-state index in [2.05, 4.69) is 0 Å². The van der Waals surface area contributed by atoms with E-state index in [0.29, 0.717) is 18.1 Å². The highest BCUT2D eigenvalue weighted by Crippen LogP contribution is 2.25. The maximum Gasteiger partial charge on any atom is 0.257 e. The van der Waals surface area contributed by atoms with Crippen molar-refractivity contribution in [2.24, 2.45) is 5.92 Å². The minimum absolute atomic E-state index is 0.0936. The van der Waals surface area contributed by atoms with Gasteiger partial charge in [0.05, 0.1) is 5.56 Å². The van der Waals surface area contributed by atoms with Gasteiger partial charge >= 0.3 is 0 Å². The first-order valence-electron chi connectivity index (χ1n) is 5.50. The standard InChI is InChI=1S/C12H14ClNO3/c13-9-1-2-10(11(16)5-9)12(17)14-4-3-8(6-14)7-15/h1-2,5,8,15-16H,3-4,6-7H2. The zero-order valence-electron chi connectivity index (χ0n) is 9.27. The van der Waals surface area contributed by atoms with Crippen molar-refractivity contribution in [1.29, 1.82) is 0 Å². The number of hydrogen-bond acceptors (Lipinski definition) is 3. The maximum atomic E-state index is 12.1. The highest BCUT2D eigenvalue weighted by atomic mass is 35.5. The zero-order valence-corrected chi connectivity index (χ0v) is 10.0. The molecule has 1 atom stereocenters. The summed E-state index contributed by atoms with van der Waals surface area (Å²) in [6.07, 6.45) is 0.802. The molecular formula is C12H14ClNO3. The average Bonchev–Trinajstić information content (AvgIpc) is 2.76. The van der Waals surface area contributed by atoms with Crippen LogP contribution in [0.25, 0.3) is 0 Å². The van der Waals surface area contributed by atoms with E-state index < -0.39 is 0 Å². The smallest absolute Gasteiger partial charge is 0.257 e. The fraction of sp³-hybridized carbons (Fsp3) is 0.417. The van der Waals surface area contributed by atoms with Crippen LogP contribution in [0, 0.1) is 5.92 Å². The summed E-state index contributed by atoms with van der Waals surface area (Å²) in [6, 6.07) is 4.45. The molecule has 0 bridgehead atoms. The molecule has 1 aromatic rings. The van der Waals surface area contributed by atoms with Crippen LogP contribution in [0.1, 0.15) is 16.8 Å². The van der Waals surface area contributed by atoms with Crippen molar-refractivity contribution in [3.05, 3.63) is 28.8 Å². The van der Waals surface area contributed by atoms with Crippen LogP contribution in [-0.4, -0.2) is 40.7 Å². The molecule has 4 nitrogen and oxygen atoms in total. The Morgan fingerprint density at radius 1 is 1.53 bits per heavy atom. The topological polar surface area (TPSA) is 60.8 Å². The van der Waals surface area contributed by atoms with Crippen molar-refractivity contribution < 1.29 is 15.0 Å².